The monoisotopic (exact) mass is 306 g/mol. The molecule has 0 aliphatic carbocycles. The summed E-state index contributed by atoms with van der Waals surface area (Å²) in [5, 5.41) is 0. The van der Waals surface area contributed by atoms with Crippen LogP contribution in [0.3, 0.4) is 0 Å². The largest absolute Gasteiger partial charge is 0.379 e. The highest BCUT2D eigenvalue weighted by molar-refractivity contribution is 4.59. The molecule has 5 heteroatoms. The Morgan fingerprint density at radius 1 is 0.619 bits per heavy atom. The van der Waals surface area contributed by atoms with Crippen LogP contribution < -0.4 is 0 Å². The minimum atomic E-state index is -0.0155. The molecule has 0 amide bonds. The molecule has 0 heterocycles. The topological polar surface area (TPSA) is 46.2 Å². The van der Waals surface area contributed by atoms with Crippen molar-refractivity contribution in [1.29, 1.82) is 0 Å². The van der Waals surface area contributed by atoms with Gasteiger partial charge in [0.15, 0.2) is 0 Å². The standard InChI is InChI=1S/C16H34O5/c1-5-9-10-18-12-16(21-8-4)14-19-13-15(20-7-3)11-17-6-2/h15-16H,5-14H2,1-4H3. The first-order valence-electron chi connectivity index (χ1n) is 8.24. The molecule has 0 N–H and O–H groups in total. The lowest BCUT2D eigenvalue weighted by Gasteiger charge is -2.20. The summed E-state index contributed by atoms with van der Waals surface area (Å²) in [4.78, 5) is 0. The summed E-state index contributed by atoms with van der Waals surface area (Å²) in [5.74, 6) is 0. The summed E-state index contributed by atoms with van der Waals surface area (Å²) < 4.78 is 27.9. The molecule has 0 rings (SSSR count). The van der Waals surface area contributed by atoms with Gasteiger partial charge < -0.3 is 23.7 Å². The second kappa shape index (κ2) is 16.2. The normalized spacial score (nSPS) is 14.3. The summed E-state index contributed by atoms with van der Waals surface area (Å²) in [6.45, 7) is 13.1. The smallest absolute Gasteiger partial charge is 0.104 e. The van der Waals surface area contributed by atoms with E-state index in [0.717, 1.165) is 19.4 Å². The van der Waals surface area contributed by atoms with E-state index in [-0.39, 0.29) is 12.2 Å². The highest BCUT2D eigenvalue weighted by atomic mass is 16.6. The Balaban J connectivity index is 3.86. The van der Waals surface area contributed by atoms with E-state index < -0.39 is 0 Å². The third kappa shape index (κ3) is 13.2. The van der Waals surface area contributed by atoms with E-state index in [9.17, 15) is 0 Å². The molecule has 5 nitrogen and oxygen atoms in total. The lowest BCUT2D eigenvalue weighted by atomic mass is 10.3. The number of unbranched alkanes of at least 4 members (excludes halogenated alkanes) is 1. The summed E-state index contributed by atoms with van der Waals surface area (Å²) in [6, 6.07) is 0. The van der Waals surface area contributed by atoms with Gasteiger partial charge in [-0.05, 0) is 27.2 Å². The Hall–Kier alpha value is -0.200. The van der Waals surface area contributed by atoms with E-state index in [0.29, 0.717) is 46.2 Å². The predicted octanol–water partition coefficient (Wildman–Crippen LogP) is 2.67. The Labute approximate surface area is 130 Å². The second-order valence-electron chi connectivity index (χ2n) is 4.78. The van der Waals surface area contributed by atoms with E-state index in [2.05, 4.69) is 6.92 Å². The molecule has 0 fully saturated rings. The van der Waals surface area contributed by atoms with Crippen molar-refractivity contribution in [2.75, 3.05) is 52.9 Å². The Morgan fingerprint density at radius 3 is 1.62 bits per heavy atom. The van der Waals surface area contributed by atoms with E-state index in [4.69, 9.17) is 23.7 Å². The molecule has 21 heavy (non-hydrogen) atoms. The first-order chi connectivity index (χ1) is 10.3. The molecular formula is C16H34O5. The zero-order valence-corrected chi connectivity index (χ0v) is 14.3. The van der Waals surface area contributed by atoms with Gasteiger partial charge in [-0.15, -0.1) is 0 Å². The molecular weight excluding hydrogens is 272 g/mol. The lowest BCUT2D eigenvalue weighted by molar-refractivity contribution is -0.0910. The van der Waals surface area contributed by atoms with Crippen molar-refractivity contribution >= 4 is 0 Å². The van der Waals surface area contributed by atoms with E-state index >= 15 is 0 Å². The van der Waals surface area contributed by atoms with Crippen molar-refractivity contribution in [1.82, 2.24) is 0 Å². The molecule has 0 aliphatic heterocycles. The molecule has 0 aliphatic rings. The molecule has 0 aromatic heterocycles. The number of ether oxygens (including phenoxy) is 5. The van der Waals surface area contributed by atoms with Gasteiger partial charge in [0, 0.05) is 26.4 Å². The van der Waals surface area contributed by atoms with E-state index in [1.54, 1.807) is 0 Å². The fourth-order valence-corrected chi connectivity index (χ4v) is 1.80. The van der Waals surface area contributed by atoms with Gasteiger partial charge in [-0.3, -0.25) is 0 Å². The van der Waals surface area contributed by atoms with Crippen molar-refractivity contribution in [2.24, 2.45) is 0 Å². The van der Waals surface area contributed by atoms with Crippen LogP contribution in [0.4, 0.5) is 0 Å². The predicted molar refractivity (Wildman–Crippen MR) is 83.9 cm³/mol. The molecule has 0 saturated carbocycles. The van der Waals surface area contributed by atoms with Crippen molar-refractivity contribution < 1.29 is 23.7 Å². The van der Waals surface area contributed by atoms with Crippen molar-refractivity contribution in [2.45, 2.75) is 52.7 Å². The van der Waals surface area contributed by atoms with Gasteiger partial charge in [0.25, 0.3) is 0 Å². The van der Waals surface area contributed by atoms with Crippen LogP contribution in [0, 0.1) is 0 Å². The van der Waals surface area contributed by atoms with Crippen LogP contribution in [-0.2, 0) is 23.7 Å². The summed E-state index contributed by atoms with van der Waals surface area (Å²) in [5.41, 5.74) is 0. The molecule has 128 valence electrons. The van der Waals surface area contributed by atoms with Gasteiger partial charge in [-0.1, -0.05) is 13.3 Å². The number of rotatable bonds is 16. The molecule has 2 unspecified atom stereocenters. The van der Waals surface area contributed by atoms with Crippen LogP contribution in [0.2, 0.25) is 0 Å². The third-order valence-corrected chi connectivity index (χ3v) is 2.87. The van der Waals surface area contributed by atoms with Gasteiger partial charge >= 0.3 is 0 Å². The summed E-state index contributed by atoms with van der Waals surface area (Å²) >= 11 is 0. The first kappa shape index (κ1) is 20.8. The van der Waals surface area contributed by atoms with Crippen LogP contribution in [-0.4, -0.2) is 65.1 Å². The highest BCUT2D eigenvalue weighted by Gasteiger charge is 2.13. The summed E-state index contributed by atoms with van der Waals surface area (Å²) in [6.07, 6.45) is 2.20. The van der Waals surface area contributed by atoms with Gasteiger partial charge in [-0.25, -0.2) is 0 Å². The van der Waals surface area contributed by atoms with Crippen molar-refractivity contribution in [3.05, 3.63) is 0 Å². The Kier molecular flexibility index (Phi) is 16.0. The molecule has 2 atom stereocenters. The average Bonchev–Trinajstić information content (AvgIpc) is 2.49. The first-order valence-corrected chi connectivity index (χ1v) is 8.24. The maximum absolute atomic E-state index is 5.71. The fraction of sp³-hybridized carbons (Fsp3) is 1.00. The van der Waals surface area contributed by atoms with E-state index in [1.807, 2.05) is 20.8 Å². The van der Waals surface area contributed by atoms with Crippen LogP contribution in [0.1, 0.15) is 40.5 Å². The molecule has 0 radical (unpaired) electrons. The minimum Gasteiger partial charge on any atom is -0.379 e. The molecule has 0 aromatic rings. The van der Waals surface area contributed by atoms with Crippen LogP contribution in [0.25, 0.3) is 0 Å². The molecule has 0 spiro atoms. The van der Waals surface area contributed by atoms with Crippen LogP contribution in [0.15, 0.2) is 0 Å². The lowest BCUT2D eigenvalue weighted by Crippen LogP contribution is -2.31. The quantitative estimate of drug-likeness (QED) is 0.410. The van der Waals surface area contributed by atoms with Gasteiger partial charge in [0.1, 0.15) is 12.2 Å². The highest BCUT2D eigenvalue weighted by Crippen LogP contribution is 2.00. The SMILES string of the molecule is CCCCOCC(COCC(COCC)OCC)OCC. The minimum absolute atomic E-state index is 0.0128. The summed E-state index contributed by atoms with van der Waals surface area (Å²) in [7, 11) is 0. The second-order valence-corrected chi connectivity index (χ2v) is 4.78. The van der Waals surface area contributed by atoms with Gasteiger partial charge in [0.05, 0.1) is 26.4 Å². The fourth-order valence-electron chi connectivity index (χ4n) is 1.80. The van der Waals surface area contributed by atoms with Gasteiger partial charge in [-0.2, -0.15) is 0 Å². The van der Waals surface area contributed by atoms with Crippen molar-refractivity contribution in [3.63, 3.8) is 0 Å². The Bertz CT molecular complexity index is 201. The number of hydrogen-bond donors (Lipinski definition) is 0. The zero-order valence-electron chi connectivity index (χ0n) is 14.3. The molecule has 0 bridgehead atoms. The zero-order chi connectivity index (χ0) is 15.8. The Morgan fingerprint density at radius 2 is 1.14 bits per heavy atom. The van der Waals surface area contributed by atoms with E-state index in [1.165, 1.54) is 0 Å². The molecule has 0 saturated heterocycles. The maximum atomic E-state index is 5.71. The third-order valence-electron chi connectivity index (χ3n) is 2.87. The van der Waals surface area contributed by atoms with Crippen LogP contribution >= 0.6 is 0 Å². The van der Waals surface area contributed by atoms with Gasteiger partial charge in [0.2, 0.25) is 0 Å². The van der Waals surface area contributed by atoms with Crippen LogP contribution in [0.5, 0.6) is 0 Å². The maximum Gasteiger partial charge on any atom is 0.104 e. The number of hydrogen-bond acceptors (Lipinski definition) is 5. The van der Waals surface area contributed by atoms with Crippen molar-refractivity contribution in [3.8, 4) is 0 Å². The molecule has 0 aromatic carbocycles. The average molecular weight is 306 g/mol.